The highest BCUT2D eigenvalue weighted by molar-refractivity contribution is 6.31. The van der Waals surface area contributed by atoms with Gasteiger partial charge in [0.05, 0.1) is 50.0 Å². The summed E-state index contributed by atoms with van der Waals surface area (Å²) >= 11 is 6.44. The predicted octanol–water partition coefficient (Wildman–Crippen LogP) is 1.31. The van der Waals surface area contributed by atoms with E-state index >= 15 is 0 Å². The molecule has 1 aromatic carbocycles. The second kappa shape index (κ2) is 11.6. The average molecular weight is 445 g/mol. The van der Waals surface area contributed by atoms with Crippen LogP contribution in [0.4, 0.5) is 5.69 Å². The van der Waals surface area contributed by atoms with Gasteiger partial charge < -0.3 is 25.4 Å². The predicted molar refractivity (Wildman–Crippen MR) is 116 cm³/mol. The van der Waals surface area contributed by atoms with E-state index in [4.69, 9.17) is 26.3 Å². The van der Waals surface area contributed by atoms with Crippen LogP contribution in [0.15, 0.2) is 24.5 Å². The molecule has 0 spiro atoms. The number of carbonyl (C=O) groups excluding carboxylic acids is 1. The maximum absolute atomic E-state index is 12.4. The quantitative estimate of drug-likeness (QED) is 0.495. The van der Waals surface area contributed by atoms with Crippen molar-refractivity contribution in [2.75, 3.05) is 45.2 Å². The first-order valence-corrected chi connectivity index (χ1v) is 10.4. The van der Waals surface area contributed by atoms with Gasteiger partial charge in [-0.3, -0.25) is 9.78 Å². The number of nitriles is 1. The second-order valence-electron chi connectivity index (χ2n) is 7.02. The Hall–Kier alpha value is -2.77. The fourth-order valence-electron chi connectivity index (χ4n) is 3.15. The highest BCUT2D eigenvalue weighted by Crippen LogP contribution is 2.31. The lowest BCUT2D eigenvalue weighted by Gasteiger charge is -2.23. The van der Waals surface area contributed by atoms with Crippen molar-refractivity contribution in [3.8, 4) is 11.8 Å². The molecule has 1 atom stereocenters. The van der Waals surface area contributed by atoms with Crippen LogP contribution in [0.5, 0.6) is 5.75 Å². The van der Waals surface area contributed by atoms with Crippen molar-refractivity contribution in [2.45, 2.75) is 18.9 Å². The zero-order valence-corrected chi connectivity index (χ0v) is 18.0. The van der Waals surface area contributed by atoms with Gasteiger partial charge in [0.25, 0.3) is 0 Å². The first-order chi connectivity index (χ1) is 15.1. The summed E-state index contributed by atoms with van der Waals surface area (Å²) in [5.74, 6) is 0.238. The van der Waals surface area contributed by atoms with Gasteiger partial charge in [-0.1, -0.05) is 11.6 Å². The summed E-state index contributed by atoms with van der Waals surface area (Å²) in [6.07, 6.45) is 3.65. The first kappa shape index (κ1) is 22.9. The Morgan fingerprint density at radius 2 is 2.29 bits per heavy atom. The van der Waals surface area contributed by atoms with E-state index in [1.54, 1.807) is 13.2 Å². The molecule has 1 aromatic heterocycles. The van der Waals surface area contributed by atoms with Crippen LogP contribution in [0, 0.1) is 11.3 Å². The van der Waals surface area contributed by atoms with E-state index in [0.29, 0.717) is 28.6 Å². The topological polar surface area (TPSA) is 121 Å². The summed E-state index contributed by atoms with van der Waals surface area (Å²) in [5.41, 5.74) is 2.06. The summed E-state index contributed by atoms with van der Waals surface area (Å²) in [6.45, 7) is 4.00. The van der Waals surface area contributed by atoms with Crippen LogP contribution in [-0.2, 0) is 22.4 Å². The number of hydrogen-bond donors (Lipinski definition) is 3. The van der Waals surface area contributed by atoms with Crippen molar-refractivity contribution in [1.82, 2.24) is 20.6 Å². The van der Waals surface area contributed by atoms with Crippen LogP contribution in [0.3, 0.4) is 0 Å². The smallest absolute Gasteiger partial charge is 0.230 e. The van der Waals surface area contributed by atoms with Crippen LogP contribution >= 0.6 is 11.6 Å². The number of aromatic nitrogens is 2. The Kier molecular flexibility index (Phi) is 8.55. The molecule has 1 amide bonds. The van der Waals surface area contributed by atoms with E-state index in [2.05, 4.69) is 25.9 Å². The lowest BCUT2D eigenvalue weighted by Crippen LogP contribution is -2.44. The zero-order valence-electron chi connectivity index (χ0n) is 17.3. The molecule has 1 fully saturated rings. The molecule has 1 saturated heterocycles. The molecule has 1 aliphatic rings. The Bertz CT molecular complexity index is 926. The van der Waals surface area contributed by atoms with Crippen LogP contribution in [0.25, 0.3) is 0 Å². The number of hydrogen-bond acceptors (Lipinski definition) is 8. The summed E-state index contributed by atoms with van der Waals surface area (Å²) < 4.78 is 11.1. The van der Waals surface area contributed by atoms with Gasteiger partial charge >= 0.3 is 0 Å². The van der Waals surface area contributed by atoms with Gasteiger partial charge in [0.15, 0.2) is 5.69 Å². The number of halogens is 1. The van der Waals surface area contributed by atoms with Gasteiger partial charge in [0.1, 0.15) is 11.8 Å². The molecule has 1 aliphatic heterocycles. The fourth-order valence-corrected chi connectivity index (χ4v) is 3.41. The van der Waals surface area contributed by atoms with E-state index < -0.39 is 0 Å². The Morgan fingerprint density at radius 3 is 2.97 bits per heavy atom. The number of morpholine rings is 1. The molecule has 10 heteroatoms. The summed E-state index contributed by atoms with van der Waals surface area (Å²) in [5, 5.41) is 18.8. The van der Waals surface area contributed by atoms with Crippen LogP contribution in [-0.4, -0.2) is 61.9 Å². The molecule has 0 aliphatic carbocycles. The van der Waals surface area contributed by atoms with E-state index in [0.717, 1.165) is 38.3 Å². The highest BCUT2D eigenvalue weighted by atomic mass is 35.5. The third-order valence-electron chi connectivity index (χ3n) is 4.75. The zero-order chi connectivity index (χ0) is 22.1. The minimum Gasteiger partial charge on any atom is -0.495 e. The molecule has 0 radical (unpaired) electrons. The molecule has 3 N–H and O–H groups in total. The van der Waals surface area contributed by atoms with Crippen molar-refractivity contribution in [2.24, 2.45) is 0 Å². The molecule has 31 heavy (non-hydrogen) atoms. The standard InChI is InChI=1S/C21H25ClN6O3/c1-30-20-6-14(2-3-24-12-17-13-25-4-5-31-17)18(22)8-19(20)28-21(29)7-15-10-27-16(9-23)11-26-15/h6,8,10-11,17,24-25H,2-5,7,12-13H2,1H3,(H,28,29)/t17-/m0/s1. The Labute approximate surface area is 186 Å². The van der Waals surface area contributed by atoms with Crippen molar-refractivity contribution < 1.29 is 14.3 Å². The number of methoxy groups -OCH3 is 1. The van der Waals surface area contributed by atoms with E-state index in [9.17, 15) is 4.79 Å². The number of benzene rings is 1. The van der Waals surface area contributed by atoms with E-state index in [1.165, 1.54) is 12.4 Å². The van der Waals surface area contributed by atoms with E-state index in [1.807, 2.05) is 12.1 Å². The first-order valence-electron chi connectivity index (χ1n) is 9.99. The number of nitrogens with zero attached hydrogens (tertiary/aromatic N) is 3. The third kappa shape index (κ3) is 6.87. The van der Waals surface area contributed by atoms with Crippen molar-refractivity contribution in [3.63, 3.8) is 0 Å². The Balaban J connectivity index is 1.55. The number of ether oxygens (including phenoxy) is 2. The molecule has 2 aromatic rings. The molecule has 3 rings (SSSR count). The van der Waals surface area contributed by atoms with Crippen LogP contribution < -0.4 is 20.7 Å². The van der Waals surface area contributed by atoms with Gasteiger partial charge in [-0.25, -0.2) is 4.98 Å². The molecule has 2 heterocycles. The molecule has 0 bridgehead atoms. The molecule has 0 unspecified atom stereocenters. The van der Waals surface area contributed by atoms with Gasteiger partial charge in [0, 0.05) is 24.7 Å². The van der Waals surface area contributed by atoms with Gasteiger partial charge in [-0.05, 0) is 30.7 Å². The minimum absolute atomic E-state index is 0.0171. The molecular weight excluding hydrogens is 420 g/mol. The van der Waals surface area contributed by atoms with Gasteiger partial charge in [-0.2, -0.15) is 5.26 Å². The normalized spacial score (nSPS) is 15.8. The van der Waals surface area contributed by atoms with Gasteiger partial charge in [0.2, 0.25) is 5.91 Å². The fraction of sp³-hybridized carbons (Fsp3) is 0.429. The maximum Gasteiger partial charge on any atom is 0.230 e. The third-order valence-corrected chi connectivity index (χ3v) is 5.10. The maximum atomic E-state index is 12.4. The van der Waals surface area contributed by atoms with Crippen molar-refractivity contribution in [1.29, 1.82) is 5.26 Å². The number of anilines is 1. The second-order valence-corrected chi connectivity index (χ2v) is 7.43. The Morgan fingerprint density at radius 1 is 1.42 bits per heavy atom. The van der Waals surface area contributed by atoms with Crippen molar-refractivity contribution in [3.05, 3.63) is 46.5 Å². The monoisotopic (exact) mass is 444 g/mol. The molecular formula is C21H25ClN6O3. The lowest BCUT2D eigenvalue weighted by molar-refractivity contribution is -0.115. The van der Waals surface area contributed by atoms with E-state index in [-0.39, 0.29) is 24.1 Å². The number of amides is 1. The lowest BCUT2D eigenvalue weighted by atomic mass is 10.1. The number of carbonyl (C=O) groups is 1. The summed E-state index contributed by atoms with van der Waals surface area (Å²) in [7, 11) is 1.54. The summed E-state index contributed by atoms with van der Waals surface area (Å²) in [4.78, 5) is 20.4. The van der Waals surface area contributed by atoms with Crippen molar-refractivity contribution >= 4 is 23.2 Å². The summed E-state index contributed by atoms with van der Waals surface area (Å²) in [6, 6.07) is 5.41. The molecule has 164 valence electrons. The SMILES string of the molecule is COc1cc(CCNC[C@H]2CNCCO2)c(Cl)cc1NC(=O)Cc1cnc(C#N)cn1. The minimum atomic E-state index is -0.288. The largest absolute Gasteiger partial charge is 0.495 e. The molecule has 9 nitrogen and oxygen atoms in total. The highest BCUT2D eigenvalue weighted by Gasteiger charge is 2.15. The van der Waals surface area contributed by atoms with Crippen LogP contribution in [0.1, 0.15) is 17.0 Å². The number of rotatable bonds is 9. The molecule has 0 saturated carbocycles. The average Bonchev–Trinajstić information content (AvgIpc) is 2.79. The van der Waals surface area contributed by atoms with Gasteiger partial charge in [-0.15, -0.1) is 0 Å². The number of nitrogens with one attached hydrogen (secondary N) is 3. The van der Waals surface area contributed by atoms with Crippen LogP contribution in [0.2, 0.25) is 5.02 Å².